The fourth-order valence-electron chi connectivity index (χ4n) is 0.821. The highest BCUT2D eigenvalue weighted by Gasteiger charge is 2.14. The molecule has 0 atom stereocenters. The van der Waals surface area contributed by atoms with Crippen LogP contribution in [0.1, 0.15) is 6.92 Å². The van der Waals surface area contributed by atoms with Gasteiger partial charge in [0.15, 0.2) is 5.76 Å². The van der Waals surface area contributed by atoms with E-state index in [0.717, 1.165) is 0 Å². The topological polar surface area (TPSA) is 50.1 Å². The van der Waals surface area contributed by atoms with Crippen molar-refractivity contribution in [2.75, 3.05) is 7.11 Å². The lowest BCUT2D eigenvalue weighted by Crippen LogP contribution is -2.11. The van der Waals surface area contributed by atoms with Gasteiger partial charge in [-0.05, 0) is 18.6 Å². The molecule has 11 heavy (non-hydrogen) atoms. The standard InChI is InChI=1S/C8H9NO2/c1-5-3-7(10)8(11-2)4-6(5)9/h3-4,9H,1-2H3. The molecule has 0 saturated heterocycles. The van der Waals surface area contributed by atoms with Gasteiger partial charge in [-0.3, -0.25) is 4.79 Å². The normalized spacial score (nSPS) is 17.6. The van der Waals surface area contributed by atoms with Gasteiger partial charge in [0, 0.05) is 6.08 Å². The second-order valence-corrected chi connectivity index (χ2v) is 2.32. The molecule has 1 aliphatic carbocycles. The van der Waals surface area contributed by atoms with Crippen molar-refractivity contribution < 1.29 is 9.53 Å². The van der Waals surface area contributed by atoms with Crippen molar-refractivity contribution in [2.24, 2.45) is 0 Å². The van der Waals surface area contributed by atoms with E-state index in [1.165, 1.54) is 19.3 Å². The number of nitrogens with one attached hydrogen (secondary N) is 1. The average Bonchev–Trinajstić information content (AvgIpc) is 1.97. The SMILES string of the molecule is COC1=CC(=N)C(C)=CC1=O. The number of ether oxygens (including phenoxy) is 1. The molecule has 0 aromatic heterocycles. The summed E-state index contributed by atoms with van der Waals surface area (Å²) in [6.45, 7) is 1.73. The lowest BCUT2D eigenvalue weighted by atomic mass is 10.0. The van der Waals surface area contributed by atoms with Crippen LogP contribution in [-0.4, -0.2) is 18.6 Å². The second-order valence-electron chi connectivity index (χ2n) is 2.32. The van der Waals surface area contributed by atoms with Gasteiger partial charge in [0.25, 0.3) is 0 Å². The van der Waals surface area contributed by atoms with Crippen molar-refractivity contribution in [3.63, 3.8) is 0 Å². The van der Waals surface area contributed by atoms with E-state index in [1.54, 1.807) is 6.92 Å². The average molecular weight is 151 g/mol. The van der Waals surface area contributed by atoms with E-state index in [1.807, 2.05) is 0 Å². The number of carbonyl (C=O) groups excluding carboxylic acids is 1. The van der Waals surface area contributed by atoms with Crippen molar-refractivity contribution in [1.82, 2.24) is 0 Å². The van der Waals surface area contributed by atoms with Crippen LogP contribution in [-0.2, 0) is 9.53 Å². The smallest absolute Gasteiger partial charge is 0.220 e. The maximum Gasteiger partial charge on any atom is 0.220 e. The minimum Gasteiger partial charge on any atom is -0.493 e. The van der Waals surface area contributed by atoms with Gasteiger partial charge in [-0.25, -0.2) is 0 Å². The Morgan fingerprint density at radius 1 is 1.45 bits per heavy atom. The molecule has 58 valence electrons. The van der Waals surface area contributed by atoms with Gasteiger partial charge in [-0.2, -0.15) is 0 Å². The molecule has 1 rings (SSSR count). The van der Waals surface area contributed by atoms with Gasteiger partial charge in [0.1, 0.15) is 0 Å². The Kier molecular flexibility index (Phi) is 1.89. The number of hydrogen-bond donors (Lipinski definition) is 1. The first-order valence-corrected chi connectivity index (χ1v) is 3.22. The molecule has 0 fully saturated rings. The van der Waals surface area contributed by atoms with Crippen LogP contribution in [0.3, 0.4) is 0 Å². The maximum atomic E-state index is 11.0. The third kappa shape index (κ3) is 1.37. The first-order valence-electron chi connectivity index (χ1n) is 3.22. The van der Waals surface area contributed by atoms with Crippen LogP contribution in [0.5, 0.6) is 0 Å². The molecule has 0 bridgehead atoms. The fraction of sp³-hybridized carbons (Fsp3) is 0.250. The van der Waals surface area contributed by atoms with Crippen LogP contribution in [0, 0.1) is 5.41 Å². The van der Waals surface area contributed by atoms with Crippen molar-refractivity contribution in [2.45, 2.75) is 6.92 Å². The summed E-state index contributed by atoms with van der Waals surface area (Å²) in [7, 11) is 1.42. The third-order valence-electron chi connectivity index (χ3n) is 1.51. The zero-order chi connectivity index (χ0) is 8.43. The van der Waals surface area contributed by atoms with Gasteiger partial charge in [-0.15, -0.1) is 0 Å². The number of hydrogen-bond acceptors (Lipinski definition) is 3. The van der Waals surface area contributed by atoms with Gasteiger partial charge in [0.05, 0.1) is 12.8 Å². The number of allylic oxidation sites excluding steroid dienone is 3. The van der Waals surface area contributed by atoms with E-state index < -0.39 is 0 Å². The van der Waals surface area contributed by atoms with Gasteiger partial charge >= 0.3 is 0 Å². The summed E-state index contributed by atoms with van der Waals surface area (Å²) in [5.74, 6) is 0.0709. The highest BCUT2D eigenvalue weighted by atomic mass is 16.5. The molecule has 0 spiro atoms. The first-order chi connectivity index (χ1) is 5.15. The fourth-order valence-corrected chi connectivity index (χ4v) is 0.821. The van der Waals surface area contributed by atoms with Crippen LogP contribution in [0.2, 0.25) is 0 Å². The molecule has 1 N–H and O–H groups in total. The van der Waals surface area contributed by atoms with Crippen LogP contribution in [0.4, 0.5) is 0 Å². The van der Waals surface area contributed by atoms with Crippen LogP contribution in [0.25, 0.3) is 0 Å². The molecule has 0 amide bonds. The summed E-state index contributed by atoms with van der Waals surface area (Å²) >= 11 is 0. The van der Waals surface area contributed by atoms with Crippen molar-refractivity contribution >= 4 is 11.5 Å². The molecular weight excluding hydrogens is 142 g/mol. The molecule has 3 nitrogen and oxygen atoms in total. The molecule has 1 aliphatic rings. The molecular formula is C8H9NO2. The molecule has 0 saturated carbocycles. The summed E-state index contributed by atoms with van der Waals surface area (Å²) in [5.41, 5.74) is 1.01. The summed E-state index contributed by atoms with van der Waals surface area (Å²) in [4.78, 5) is 11.0. The number of rotatable bonds is 1. The quantitative estimate of drug-likeness (QED) is 0.570. The lowest BCUT2D eigenvalue weighted by molar-refractivity contribution is -0.114. The molecule has 0 radical (unpaired) electrons. The van der Waals surface area contributed by atoms with E-state index in [4.69, 9.17) is 10.1 Å². The number of methoxy groups -OCH3 is 1. The van der Waals surface area contributed by atoms with Crippen molar-refractivity contribution in [3.8, 4) is 0 Å². The highest BCUT2D eigenvalue weighted by molar-refractivity contribution is 6.19. The predicted octanol–water partition coefficient (Wildman–Crippen LogP) is 1.07. The third-order valence-corrected chi connectivity index (χ3v) is 1.51. The summed E-state index contributed by atoms with van der Waals surface area (Å²) in [5, 5.41) is 7.34. The summed E-state index contributed by atoms with van der Waals surface area (Å²) in [6, 6.07) is 0. The van der Waals surface area contributed by atoms with Crippen LogP contribution in [0.15, 0.2) is 23.5 Å². The largest absolute Gasteiger partial charge is 0.493 e. The van der Waals surface area contributed by atoms with Crippen LogP contribution < -0.4 is 0 Å². The van der Waals surface area contributed by atoms with Gasteiger partial charge in [-0.1, -0.05) is 0 Å². The Morgan fingerprint density at radius 3 is 2.64 bits per heavy atom. The van der Waals surface area contributed by atoms with E-state index in [-0.39, 0.29) is 11.5 Å². The highest BCUT2D eigenvalue weighted by Crippen LogP contribution is 2.11. The first kappa shape index (κ1) is 7.72. The van der Waals surface area contributed by atoms with E-state index >= 15 is 0 Å². The zero-order valence-corrected chi connectivity index (χ0v) is 6.47. The maximum absolute atomic E-state index is 11.0. The van der Waals surface area contributed by atoms with Crippen molar-refractivity contribution in [3.05, 3.63) is 23.5 Å². The second kappa shape index (κ2) is 2.70. The van der Waals surface area contributed by atoms with Gasteiger partial charge < -0.3 is 10.1 Å². The Balaban J connectivity index is 2.98. The monoisotopic (exact) mass is 151 g/mol. The number of carbonyl (C=O) groups is 1. The van der Waals surface area contributed by atoms with E-state index in [9.17, 15) is 4.79 Å². The minimum absolute atomic E-state index is 0.166. The Morgan fingerprint density at radius 2 is 2.09 bits per heavy atom. The molecule has 0 unspecified atom stereocenters. The summed E-state index contributed by atoms with van der Waals surface area (Å²) in [6.07, 6.45) is 2.83. The zero-order valence-electron chi connectivity index (χ0n) is 6.47. The Hall–Kier alpha value is -1.38. The predicted molar refractivity (Wildman–Crippen MR) is 41.6 cm³/mol. The molecule has 0 aromatic rings. The van der Waals surface area contributed by atoms with E-state index in [2.05, 4.69) is 0 Å². The van der Waals surface area contributed by atoms with E-state index in [0.29, 0.717) is 11.3 Å². The molecule has 3 heteroatoms. The minimum atomic E-state index is -0.166. The van der Waals surface area contributed by atoms with Gasteiger partial charge in [0.2, 0.25) is 5.78 Å². The number of ketones is 1. The Labute approximate surface area is 64.9 Å². The van der Waals surface area contributed by atoms with Crippen LogP contribution >= 0.6 is 0 Å². The lowest BCUT2D eigenvalue weighted by Gasteiger charge is -2.08. The van der Waals surface area contributed by atoms with Crippen molar-refractivity contribution in [1.29, 1.82) is 5.41 Å². The molecule has 0 aromatic carbocycles. The Bertz CT molecular complexity index is 274. The summed E-state index contributed by atoms with van der Waals surface area (Å²) < 4.78 is 4.75. The molecule has 0 aliphatic heterocycles. The molecule has 0 heterocycles.